The normalized spacial score (nSPS) is 11.9. The van der Waals surface area contributed by atoms with Crippen molar-refractivity contribution in [2.75, 3.05) is 28.4 Å². The highest BCUT2D eigenvalue weighted by molar-refractivity contribution is 9.13. The fraction of sp³-hybridized carbons (Fsp3) is 0.333. The molecule has 148 valence electrons. The average Bonchev–Trinajstić information content (AvgIpc) is 2.68. The summed E-state index contributed by atoms with van der Waals surface area (Å²) in [5.41, 5.74) is 1.46. The molecule has 0 aliphatic carbocycles. The molecule has 27 heavy (non-hydrogen) atoms. The van der Waals surface area contributed by atoms with Crippen molar-refractivity contribution in [2.45, 2.75) is 12.7 Å². The van der Waals surface area contributed by atoms with E-state index in [0.29, 0.717) is 53.1 Å². The number of hydrogen-bond acceptors (Lipinski definition) is 6. The van der Waals surface area contributed by atoms with Gasteiger partial charge >= 0.3 is 0 Å². The van der Waals surface area contributed by atoms with Crippen LogP contribution in [0, 0.1) is 0 Å². The Hall–Kier alpha value is -1.00. The first-order valence-corrected chi connectivity index (χ1v) is 10.1. The molecule has 0 fully saturated rings. The molecule has 0 spiro atoms. The Balaban J connectivity index is 2.75. The molecule has 0 aliphatic rings. The summed E-state index contributed by atoms with van der Waals surface area (Å²) in [6.07, 6.45) is -1.10. The van der Waals surface area contributed by atoms with Gasteiger partial charge < -0.3 is 29.2 Å². The molecule has 1 unspecified atom stereocenters. The Kier molecular flexibility index (Phi) is 7.82. The lowest BCUT2D eigenvalue weighted by molar-refractivity contribution is 0.209. The smallest absolute Gasteiger partial charge is 0.176 e. The van der Waals surface area contributed by atoms with Gasteiger partial charge in [-0.1, -0.05) is 0 Å². The molecule has 0 saturated carbocycles. The summed E-state index contributed by atoms with van der Waals surface area (Å²) in [5, 5.41) is 21.0. The van der Waals surface area contributed by atoms with Gasteiger partial charge in [-0.25, -0.2) is 0 Å². The van der Waals surface area contributed by atoms with E-state index in [4.69, 9.17) is 18.9 Å². The maximum atomic E-state index is 11.2. The van der Waals surface area contributed by atoms with Crippen molar-refractivity contribution in [1.82, 2.24) is 0 Å². The zero-order valence-electron chi connectivity index (χ0n) is 15.1. The third kappa shape index (κ3) is 4.07. The van der Waals surface area contributed by atoms with Gasteiger partial charge in [-0.2, -0.15) is 0 Å². The standard InChI is InChI=1S/C18H19Br3O6/c1-24-10-5-8(7-22)12(14(20)17(10)26-3)16(23)9-6-11(25-2)18(27-4)15(21)13(9)19/h5-6,16,22-23H,7H2,1-4H3. The fourth-order valence-electron chi connectivity index (χ4n) is 2.74. The van der Waals surface area contributed by atoms with Gasteiger partial charge in [-0.15, -0.1) is 0 Å². The highest BCUT2D eigenvalue weighted by Crippen LogP contribution is 2.48. The van der Waals surface area contributed by atoms with Crippen LogP contribution >= 0.6 is 47.8 Å². The molecule has 0 heterocycles. The van der Waals surface area contributed by atoms with Gasteiger partial charge in [-0.3, -0.25) is 0 Å². The van der Waals surface area contributed by atoms with E-state index in [0.717, 1.165) is 0 Å². The summed E-state index contributed by atoms with van der Waals surface area (Å²) in [5.74, 6) is 1.80. The van der Waals surface area contributed by atoms with Gasteiger partial charge in [-0.05, 0) is 65.5 Å². The lowest BCUT2D eigenvalue weighted by Crippen LogP contribution is -2.09. The van der Waals surface area contributed by atoms with Gasteiger partial charge in [0.1, 0.15) is 6.10 Å². The molecule has 0 aliphatic heterocycles. The van der Waals surface area contributed by atoms with E-state index >= 15 is 0 Å². The van der Waals surface area contributed by atoms with Crippen molar-refractivity contribution in [3.05, 3.63) is 42.2 Å². The minimum Gasteiger partial charge on any atom is -0.493 e. The molecule has 1 atom stereocenters. The third-order valence-corrected chi connectivity index (χ3v) is 6.98. The monoisotopic (exact) mass is 568 g/mol. The summed E-state index contributed by atoms with van der Waals surface area (Å²) in [4.78, 5) is 0. The van der Waals surface area contributed by atoms with E-state index < -0.39 is 6.10 Å². The highest BCUT2D eigenvalue weighted by Gasteiger charge is 2.28. The molecule has 0 amide bonds. The van der Waals surface area contributed by atoms with E-state index in [1.807, 2.05) is 0 Å². The SMILES string of the molecule is COc1cc(C(O)c2c(CO)cc(OC)c(OC)c2Br)c(Br)c(Br)c1OC. The van der Waals surface area contributed by atoms with Crippen LogP contribution in [0.25, 0.3) is 0 Å². The second-order valence-corrected chi connectivity index (χ2v) is 7.77. The van der Waals surface area contributed by atoms with Crippen molar-refractivity contribution in [2.24, 2.45) is 0 Å². The molecule has 9 heteroatoms. The zero-order chi connectivity index (χ0) is 20.3. The Morgan fingerprint density at radius 2 is 1.33 bits per heavy atom. The second-order valence-electron chi connectivity index (χ2n) is 5.39. The van der Waals surface area contributed by atoms with Crippen LogP contribution < -0.4 is 18.9 Å². The van der Waals surface area contributed by atoms with Crippen LogP contribution in [0.5, 0.6) is 23.0 Å². The predicted molar refractivity (Wildman–Crippen MR) is 112 cm³/mol. The lowest BCUT2D eigenvalue weighted by atomic mass is 9.96. The van der Waals surface area contributed by atoms with E-state index in [-0.39, 0.29) is 6.61 Å². The summed E-state index contributed by atoms with van der Waals surface area (Å²) in [6, 6.07) is 3.30. The predicted octanol–water partition coefficient (Wildman–Crippen LogP) is 4.58. The van der Waals surface area contributed by atoms with Crippen molar-refractivity contribution in [1.29, 1.82) is 0 Å². The zero-order valence-corrected chi connectivity index (χ0v) is 19.9. The summed E-state index contributed by atoms with van der Waals surface area (Å²) >= 11 is 10.4. The molecule has 2 N–H and O–H groups in total. The topological polar surface area (TPSA) is 77.4 Å². The van der Waals surface area contributed by atoms with Crippen LogP contribution in [0.2, 0.25) is 0 Å². The molecule has 2 aromatic carbocycles. The van der Waals surface area contributed by atoms with Crippen LogP contribution in [0.4, 0.5) is 0 Å². The molecule has 2 rings (SSSR count). The summed E-state index contributed by atoms with van der Waals surface area (Å²) in [7, 11) is 6.05. The van der Waals surface area contributed by atoms with Crippen molar-refractivity contribution >= 4 is 47.8 Å². The minimum absolute atomic E-state index is 0.294. The van der Waals surface area contributed by atoms with Gasteiger partial charge in [0, 0.05) is 15.6 Å². The highest BCUT2D eigenvalue weighted by atomic mass is 79.9. The number of hydrogen-bond donors (Lipinski definition) is 2. The molecule has 6 nitrogen and oxygen atoms in total. The fourth-order valence-corrected chi connectivity index (χ4v) is 4.67. The van der Waals surface area contributed by atoms with Crippen molar-refractivity contribution in [3.8, 4) is 23.0 Å². The first kappa shape index (κ1) is 22.3. The minimum atomic E-state index is -1.10. The lowest BCUT2D eigenvalue weighted by Gasteiger charge is -2.23. The van der Waals surface area contributed by atoms with Crippen LogP contribution in [0.15, 0.2) is 25.6 Å². The number of aliphatic hydroxyl groups excluding tert-OH is 2. The second kappa shape index (κ2) is 9.47. The number of ether oxygens (including phenoxy) is 4. The van der Waals surface area contributed by atoms with Crippen LogP contribution in [-0.4, -0.2) is 38.7 Å². The Bertz CT molecular complexity index is 841. The van der Waals surface area contributed by atoms with E-state index in [1.165, 1.54) is 28.4 Å². The largest absolute Gasteiger partial charge is 0.493 e. The quantitative estimate of drug-likeness (QED) is 0.507. The number of rotatable bonds is 7. The number of benzene rings is 2. The van der Waals surface area contributed by atoms with Crippen molar-refractivity contribution in [3.63, 3.8) is 0 Å². The molecular weight excluding hydrogens is 552 g/mol. The third-order valence-electron chi connectivity index (χ3n) is 4.05. The number of aliphatic hydroxyl groups is 2. The molecule has 0 bridgehead atoms. The number of halogens is 3. The Morgan fingerprint density at radius 1 is 0.815 bits per heavy atom. The molecule has 0 radical (unpaired) electrons. The maximum absolute atomic E-state index is 11.2. The van der Waals surface area contributed by atoms with Crippen LogP contribution in [-0.2, 0) is 6.61 Å². The van der Waals surface area contributed by atoms with Gasteiger partial charge in [0.05, 0.1) is 44.0 Å². The molecule has 2 aromatic rings. The molecule has 0 saturated heterocycles. The summed E-state index contributed by atoms with van der Waals surface area (Å²) < 4.78 is 23.1. The molecule has 0 aromatic heterocycles. The van der Waals surface area contributed by atoms with Crippen LogP contribution in [0.1, 0.15) is 22.8 Å². The Labute approximate surface area is 182 Å². The maximum Gasteiger partial charge on any atom is 0.176 e. The van der Waals surface area contributed by atoms with Gasteiger partial charge in [0.2, 0.25) is 0 Å². The van der Waals surface area contributed by atoms with Gasteiger partial charge in [0.15, 0.2) is 23.0 Å². The van der Waals surface area contributed by atoms with Gasteiger partial charge in [0.25, 0.3) is 0 Å². The first-order chi connectivity index (χ1) is 12.9. The van der Waals surface area contributed by atoms with Crippen LogP contribution in [0.3, 0.4) is 0 Å². The van der Waals surface area contributed by atoms with E-state index in [2.05, 4.69) is 47.8 Å². The van der Waals surface area contributed by atoms with E-state index in [9.17, 15) is 10.2 Å². The van der Waals surface area contributed by atoms with Crippen molar-refractivity contribution < 1.29 is 29.2 Å². The molecular formula is C18H19Br3O6. The van der Waals surface area contributed by atoms with E-state index in [1.54, 1.807) is 12.1 Å². The first-order valence-electron chi connectivity index (χ1n) is 7.68. The summed E-state index contributed by atoms with van der Waals surface area (Å²) in [6.45, 7) is -0.294. The number of methoxy groups -OCH3 is 4. The average molecular weight is 571 g/mol. The Morgan fingerprint density at radius 3 is 1.81 bits per heavy atom.